The monoisotopic (exact) mass is 808 g/mol. The minimum atomic E-state index is 0.00134. The van der Waals surface area contributed by atoms with E-state index < -0.39 is 0 Å². The van der Waals surface area contributed by atoms with Gasteiger partial charge in [-0.1, -0.05) is 182 Å². The third-order valence-corrected chi connectivity index (χ3v) is 12.0. The molecule has 2 atom stereocenters. The van der Waals surface area contributed by atoms with Gasteiger partial charge in [-0.05, 0) is 82.7 Å². The summed E-state index contributed by atoms with van der Waals surface area (Å²) in [7, 11) is 0. The maximum Gasteiger partial charge on any atom is 0.314 e. The molecule has 0 bridgehead atoms. The Bertz CT molecular complexity index is 769. The summed E-state index contributed by atoms with van der Waals surface area (Å²) in [6, 6.07) is 0.00269. The van der Waals surface area contributed by atoms with Crippen LogP contribution in [-0.4, -0.2) is 74.5 Å². The summed E-state index contributed by atoms with van der Waals surface area (Å²) in [5.41, 5.74) is 0. The minimum Gasteiger partial charge on any atom is -0.396 e. The lowest BCUT2D eigenvalue weighted by Gasteiger charge is -2.22. The summed E-state index contributed by atoms with van der Waals surface area (Å²) >= 11 is 0. The van der Waals surface area contributed by atoms with Crippen LogP contribution in [0.3, 0.4) is 0 Å². The van der Waals surface area contributed by atoms with Gasteiger partial charge in [0.25, 0.3) is 0 Å². The molecule has 5 N–H and O–H groups in total. The topological polar surface area (TPSA) is 106 Å². The molecule has 8 heteroatoms. The number of amides is 4. The van der Waals surface area contributed by atoms with Gasteiger partial charge in [-0.25, -0.2) is 9.59 Å². The molecule has 0 aliphatic rings. The van der Waals surface area contributed by atoms with Crippen LogP contribution in [0.1, 0.15) is 240 Å². The fourth-order valence-electron chi connectivity index (χ4n) is 8.10. The predicted molar refractivity (Wildman–Crippen MR) is 248 cm³/mol. The highest BCUT2D eigenvalue weighted by Gasteiger charge is 2.12. The second kappa shape index (κ2) is 45.5. The molecule has 0 aromatic heterocycles. The Kier molecular flexibility index (Phi) is 44.3. The Morgan fingerprint density at radius 2 is 0.684 bits per heavy atom. The summed E-state index contributed by atoms with van der Waals surface area (Å²) in [6.07, 6.45) is 41.1. The lowest BCUT2D eigenvalue weighted by molar-refractivity contribution is 0.217. The van der Waals surface area contributed by atoms with Gasteiger partial charge in [-0.2, -0.15) is 0 Å². The number of hydrogen-bond donors (Lipinski definition) is 5. The molecule has 0 heterocycles. The number of rotatable bonds is 45. The number of hydrogen-bond acceptors (Lipinski definition) is 4. The molecule has 2 unspecified atom stereocenters. The minimum absolute atomic E-state index is 0.00134. The number of unbranched alkanes of at least 4 members (excludes halogenated alkanes) is 22. The average Bonchev–Trinajstić information content (AvgIpc) is 3.21. The molecule has 57 heavy (non-hydrogen) atoms. The molecular weight excluding hydrogens is 707 g/mol. The standard InChI is InChI=1S/C49H101N5O3/c1-5-9-13-17-19-27-36-46(34-25-15-11-7-3)44-52-48(56)50-38-29-21-23-31-40-54(42-33-43-55)41-32-24-22-30-39-51-49(57)53-45-47(35-26-16-12-8-4)37-28-20-18-14-10-6-2/h46-47,55H,5-45H2,1-4H3,(H2,50,52,56)(H2,51,53,57). The number of nitrogens with zero attached hydrogens (tertiary/aromatic N) is 1. The molecule has 0 rings (SSSR count). The van der Waals surface area contributed by atoms with E-state index in [-0.39, 0.29) is 18.7 Å². The van der Waals surface area contributed by atoms with Gasteiger partial charge >= 0.3 is 12.1 Å². The summed E-state index contributed by atoms with van der Waals surface area (Å²) in [5.74, 6) is 1.21. The Morgan fingerprint density at radius 3 is 1.05 bits per heavy atom. The highest BCUT2D eigenvalue weighted by atomic mass is 16.3. The summed E-state index contributed by atoms with van der Waals surface area (Å²) in [4.78, 5) is 27.6. The second-order valence-electron chi connectivity index (χ2n) is 17.6. The van der Waals surface area contributed by atoms with Crippen LogP contribution >= 0.6 is 0 Å². The van der Waals surface area contributed by atoms with Crippen LogP contribution in [0.25, 0.3) is 0 Å². The van der Waals surface area contributed by atoms with Gasteiger partial charge in [0.2, 0.25) is 0 Å². The first-order valence-corrected chi connectivity index (χ1v) is 25.4. The molecule has 0 aliphatic carbocycles. The zero-order valence-corrected chi connectivity index (χ0v) is 38.9. The number of aliphatic hydroxyl groups is 1. The van der Waals surface area contributed by atoms with Gasteiger partial charge in [0.05, 0.1) is 0 Å². The normalized spacial score (nSPS) is 12.5. The number of aliphatic hydroxyl groups excluding tert-OH is 1. The number of nitrogens with one attached hydrogen (secondary N) is 4. The first-order chi connectivity index (χ1) is 28.0. The molecule has 0 fully saturated rings. The van der Waals surface area contributed by atoms with Crippen molar-refractivity contribution in [3.8, 4) is 0 Å². The van der Waals surface area contributed by atoms with Crippen LogP contribution in [0.4, 0.5) is 9.59 Å². The molecule has 8 nitrogen and oxygen atoms in total. The third kappa shape index (κ3) is 41.0. The van der Waals surface area contributed by atoms with Gasteiger partial charge in [0.1, 0.15) is 0 Å². The van der Waals surface area contributed by atoms with Crippen LogP contribution in [0.5, 0.6) is 0 Å². The van der Waals surface area contributed by atoms with E-state index in [4.69, 9.17) is 0 Å². The van der Waals surface area contributed by atoms with Crippen molar-refractivity contribution in [2.75, 3.05) is 52.4 Å². The maximum absolute atomic E-state index is 12.5. The van der Waals surface area contributed by atoms with Crippen molar-refractivity contribution in [1.82, 2.24) is 26.2 Å². The van der Waals surface area contributed by atoms with Crippen LogP contribution < -0.4 is 21.3 Å². The van der Waals surface area contributed by atoms with E-state index in [1.807, 2.05) is 0 Å². The van der Waals surface area contributed by atoms with E-state index in [2.05, 4.69) is 53.9 Å². The van der Waals surface area contributed by atoms with Crippen molar-refractivity contribution in [3.63, 3.8) is 0 Å². The molecule has 0 spiro atoms. The van der Waals surface area contributed by atoms with Gasteiger partial charge < -0.3 is 31.3 Å². The summed E-state index contributed by atoms with van der Waals surface area (Å²) in [5, 5.41) is 22.0. The second-order valence-corrected chi connectivity index (χ2v) is 17.6. The zero-order chi connectivity index (χ0) is 41.7. The van der Waals surface area contributed by atoms with Crippen LogP contribution in [0.15, 0.2) is 0 Å². The largest absolute Gasteiger partial charge is 0.396 e. The molecule has 0 saturated heterocycles. The van der Waals surface area contributed by atoms with Gasteiger partial charge in [0.15, 0.2) is 0 Å². The Hall–Kier alpha value is -1.54. The summed E-state index contributed by atoms with van der Waals surface area (Å²) < 4.78 is 0. The predicted octanol–water partition coefficient (Wildman–Crippen LogP) is 13.1. The lowest BCUT2D eigenvalue weighted by Crippen LogP contribution is -2.38. The average molecular weight is 808 g/mol. The van der Waals surface area contributed by atoms with E-state index in [1.165, 1.54) is 167 Å². The van der Waals surface area contributed by atoms with Gasteiger partial charge in [-0.3, -0.25) is 0 Å². The number of carbonyl (C=O) groups excluding carboxylic acids is 2. The van der Waals surface area contributed by atoms with Crippen molar-refractivity contribution in [2.45, 2.75) is 240 Å². The highest BCUT2D eigenvalue weighted by Crippen LogP contribution is 2.20. The van der Waals surface area contributed by atoms with E-state index in [0.29, 0.717) is 11.8 Å². The fraction of sp³-hybridized carbons (Fsp3) is 0.959. The molecule has 340 valence electrons. The van der Waals surface area contributed by atoms with Gasteiger partial charge in [0, 0.05) is 39.3 Å². The Balaban J connectivity index is 4.15. The van der Waals surface area contributed by atoms with Crippen molar-refractivity contribution in [3.05, 3.63) is 0 Å². The Labute approximate surface area is 355 Å². The smallest absolute Gasteiger partial charge is 0.314 e. The molecule has 0 aliphatic heterocycles. The molecular formula is C49H101N5O3. The van der Waals surface area contributed by atoms with E-state index in [0.717, 1.165) is 90.8 Å². The van der Waals surface area contributed by atoms with E-state index >= 15 is 0 Å². The molecule has 0 aromatic carbocycles. The quantitative estimate of drug-likeness (QED) is 0.0395. The molecule has 0 radical (unpaired) electrons. The van der Waals surface area contributed by atoms with Crippen molar-refractivity contribution in [1.29, 1.82) is 0 Å². The molecule has 4 amide bonds. The zero-order valence-electron chi connectivity index (χ0n) is 38.9. The molecule has 0 aromatic rings. The number of urea groups is 2. The van der Waals surface area contributed by atoms with E-state index in [1.54, 1.807) is 0 Å². The van der Waals surface area contributed by atoms with Crippen molar-refractivity contribution in [2.24, 2.45) is 11.8 Å². The third-order valence-electron chi connectivity index (χ3n) is 12.0. The molecule has 0 saturated carbocycles. The van der Waals surface area contributed by atoms with Gasteiger partial charge in [-0.15, -0.1) is 0 Å². The van der Waals surface area contributed by atoms with Crippen LogP contribution in [-0.2, 0) is 0 Å². The fourth-order valence-corrected chi connectivity index (χ4v) is 8.10. The van der Waals surface area contributed by atoms with Crippen LogP contribution in [0.2, 0.25) is 0 Å². The van der Waals surface area contributed by atoms with Crippen molar-refractivity contribution >= 4 is 12.1 Å². The first-order valence-electron chi connectivity index (χ1n) is 25.4. The lowest BCUT2D eigenvalue weighted by atomic mass is 9.94. The van der Waals surface area contributed by atoms with Crippen molar-refractivity contribution < 1.29 is 14.7 Å². The summed E-state index contributed by atoms with van der Waals surface area (Å²) in [6.45, 7) is 15.5. The van der Waals surface area contributed by atoms with E-state index in [9.17, 15) is 14.7 Å². The Morgan fingerprint density at radius 1 is 0.386 bits per heavy atom. The highest BCUT2D eigenvalue weighted by molar-refractivity contribution is 5.74. The maximum atomic E-state index is 12.5. The van der Waals surface area contributed by atoms with Crippen LogP contribution in [0, 0.1) is 11.8 Å². The SMILES string of the molecule is CCCCCCCCC(CCCCCC)CNC(=O)NCCCCCCN(CCCO)CCCCCCNC(=O)NCC(CCCCCC)CCCCCCCC. The first kappa shape index (κ1) is 55.5. The number of carbonyl (C=O) groups is 2.